The number of pyridine rings is 1. The Morgan fingerprint density at radius 2 is 2.03 bits per heavy atom. The van der Waals surface area contributed by atoms with Crippen LogP contribution in [0.15, 0.2) is 40.6 Å². The number of nitrogens with zero attached hydrogens (tertiary/aromatic N) is 3. The van der Waals surface area contributed by atoms with Crippen LogP contribution in [0.5, 0.6) is 5.75 Å². The molecule has 0 saturated heterocycles. The number of thiazole rings is 1. The lowest BCUT2D eigenvalue weighted by Gasteiger charge is -2.12. The van der Waals surface area contributed by atoms with Crippen molar-refractivity contribution < 1.29 is 14.3 Å². The Balaban J connectivity index is 1.47. The second kappa shape index (κ2) is 7.98. The molecule has 1 aromatic carbocycles. The summed E-state index contributed by atoms with van der Waals surface area (Å²) in [4.78, 5) is 33.3. The summed E-state index contributed by atoms with van der Waals surface area (Å²) in [6.07, 6.45) is 1.63. The van der Waals surface area contributed by atoms with Crippen molar-refractivity contribution in [3.05, 3.63) is 67.6 Å². The van der Waals surface area contributed by atoms with E-state index in [4.69, 9.17) is 32.7 Å². The zero-order valence-electron chi connectivity index (χ0n) is 15.0. The van der Waals surface area contributed by atoms with E-state index in [1.54, 1.807) is 11.6 Å². The Hall–Kier alpha value is -2.68. The van der Waals surface area contributed by atoms with E-state index in [9.17, 15) is 9.59 Å². The fourth-order valence-electron chi connectivity index (χ4n) is 2.72. The van der Waals surface area contributed by atoms with E-state index in [1.165, 1.54) is 27.9 Å². The van der Waals surface area contributed by atoms with Gasteiger partial charge in [0.15, 0.2) is 17.3 Å². The number of esters is 1. The third-order valence-electron chi connectivity index (χ3n) is 4.05. The minimum Gasteiger partial charge on any atom is -0.478 e. The molecule has 0 radical (unpaired) electrons. The lowest BCUT2D eigenvalue weighted by Crippen LogP contribution is -2.18. The van der Waals surface area contributed by atoms with Crippen molar-refractivity contribution in [2.24, 2.45) is 0 Å². The quantitative estimate of drug-likeness (QED) is 0.427. The summed E-state index contributed by atoms with van der Waals surface area (Å²) in [7, 11) is 0. The first kappa shape index (κ1) is 19.6. The predicted octanol–water partition coefficient (Wildman–Crippen LogP) is 4.04. The van der Waals surface area contributed by atoms with Gasteiger partial charge in [0.1, 0.15) is 12.1 Å². The molecule has 0 aliphatic rings. The minimum atomic E-state index is -0.634. The molecule has 0 saturated carbocycles. The molecular formula is C19H13Cl2N3O4S. The SMILES string of the molecule is Cc1ccc2c(Cl)cc(Cl)c(OCC(=O)OCc3cc(=O)n4ccsc4n3)c2n1. The van der Waals surface area contributed by atoms with Crippen LogP contribution >= 0.6 is 34.5 Å². The highest BCUT2D eigenvalue weighted by Gasteiger charge is 2.15. The zero-order valence-corrected chi connectivity index (χ0v) is 17.3. The van der Waals surface area contributed by atoms with Crippen LogP contribution in [0.1, 0.15) is 11.4 Å². The second-order valence-corrected chi connectivity index (χ2v) is 7.80. The first-order valence-corrected chi connectivity index (χ1v) is 10.1. The molecule has 3 aromatic heterocycles. The van der Waals surface area contributed by atoms with E-state index in [2.05, 4.69) is 9.97 Å². The maximum absolute atomic E-state index is 12.1. The summed E-state index contributed by atoms with van der Waals surface area (Å²) >= 11 is 13.8. The van der Waals surface area contributed by atoms with Gasteiger partial charge in [-0.3, -0.25) is 9.20 Å². The lowest BCUT2D eigenvalue weighted by atomic mass is 10.2. The number of rotatable bonds is 5. The average molecular weight is 450 g/mol. The van der Waals surface area contributed by atoms with E-state index < -0.39 is 5.97 Å². The Morgan fingerprint density at radius 3 is 2.86 bits per heavy atom. The summed E-state index contributed by atoms with van der Waals surface area (Å²) in [6.45, 7) is 1.30. The molecule has 4 aromatic rings. The molecule has 0 aliphatic heterocycles. The molecule has 0 atom stereocenters. The van der Waals surface area contributed by atoms with Crippen molar-refractivity contribution in [2.45, 2.75) is 13.5 Å². The maximum Gasteiger partial charge on any atom is 0.344 e. The number of halogens is 2. The van der Waals surface area contributed by atoms with Crippen LogP contribution in [0.25, 0.3) is 15.9 Å². The molecule has 29 heavy (non-hydrogen) atoms. The number of aryl methyl sites for hydroxylation is 1. The normalized spacial score (nSPS) is 11.1. The molecule has 0 aliphatic carbocycles. The van der Waals surface area contributed by atoms with Crippen molar-refractivity contribution in [3.63, 3.8) is 0 Å². The van der Waals surface area contributed by atoms with Crippen LogP contribution in [0.4, 0.5) is 0 Å². The Morgan fingerprint density at radius 1 is 1.21 bits per heavy atom. The van der Waals surface area contributed by atoms with Gasteiger partial charge in [-0.1, -0.05) is 23.2 Å². The number of benzene rings is 1. The van der Waals surface area contributed by atoms with E-state index in [-0.39, 0.29) is 29.5 Å². The first-order chi connectivity index (χ1) is 13.9. The number of hydrogen-bond donors (Lipinski definition) is 0. The van der Waals surface area contributed by atoms with Gasteiger partial charge in [-0.15, -0.1) is 11.3 Å². The third kappa shape index (κ3) is 4.05. The molecule has 148 valence electrons. The van der Waals surface area contributed by atoms with Crippen LogP contribution in [0.2, 0.25) is 10.0 Å². The van der Waals surface area contributed by atoms with Crippen LogP contribution in [0.3, 0.4) is 0 Å². The van der Waals surface area contributed by atoms with Crippen LogP contribution in [-0.2, 0) is 16.1 Å². The Bertz CT molecular complexity index is 1300. The Kier molecular flexibility index (Phi) is 5.40. The van der Waals surface area contributed by atoms with Gasteiger partial charge in [-0.05, 0) is 25.1 Å². The smallest absolute Gasteiger partial charge is 0.344 e. The summed E-state index contributed by atoms with van der Waals surface area (Å²) in [5.41, 5.74) is 1.34. The van der Waals surface area contributed by atoms with Crippen molar-refractivity contribution >= 4 is 56.4 Å². The van der Waals surface area contributed by atoms with E-state index in [1.807, 2.05) is 19.1 Å². The number of aromatic nitrogens is 3. The van der Waals surface area contributed by atoms with Gasteiger partial charge < -0.3 is 9.47 Å². The third-order valence-corrected chi connectivity index (χ3v) is 5.40. The number of fused-ring (bicyclic) bond motifs is 2. The standard InChI is InChI=1S/C19H13Cl2N3O4S/c1-10-2-3-12-13(20)7-14(21)18(17(12)22-10)28-9-16(26)27-8-11-6-15(25)24-4-5-29-19(24)23-11/h2-7H,8-9H2,1H3. The highest BCUT2D eigenvalue weighted by Crippen LogP contribution is 2.37. The summed E-state index contributed by atoms with van der Waals surface area (Å²) in [5.74, 6) is -0.381. The molecule has 0 unspecified atom stereocenters. The molecule has 3 heterocycles. The topological polar surface area (TPSA) is 82.8 Å². The summed E-state index contributed by atoms with van der Waals surface area (Å²) < 4.78 is 12.2. The predicted molar refractivity (Wildman–Crippen MR) is 111 cm³/mol. The van der Waals surface area contributed by atoms with Crippen molar-refractivity contribution in [3.8, 4) is 5.75 Å². The van der Waals surface area contributed by atoms with Crippen molar-refractivity contribution in [2.75, 3.05) is 6.61 Å². The molecule has 0 amide bonds. The first-order valence-electron chi connectivity index (χ1n) is 8.42. The van der Waals surface area contributed by atoms with E-state index >= 15 is 0 Å². The van der Waals surface area contributed by atoms with Gasteiger partial charge in [-0.2, -0.15) is 0 Å². The van der Waals surface area contributed by atoms with Crippen LogP contribution < -0.4 is 10.3 Å². The monoisotopic (exact) mass is 449 g/mol. The molecular weight excluding hydrogens is 437 g/mol. The molecule has 0 spiro atoms. The number of hydrogen-bond acceptors (Lipinski definition) is 7. The second-order valence-electron chi connectivity index (χ2n) is 6.11. The number of carbonyl (C=O) groups is 1. The van der Waals surface area contributed by atoms with Crippen molar-refractivity contribution in [1.29, 1.82) is 0 Å². The fourth-order valence-corrected chi connectivity index (χ4v) is 4.03. The van der Waals surface area contributed by atoms with Gasteiger partial charge in [0.2, 0.25) is 0 Å². The lowest BCUT2D eigenvalue weighted by molar-refractivity contribution is -0.147. The van der Waals surface area contributed by atoms with Crippen LogP contribution in [0, 0.1) is 6.92 Å². The van der Waals surface area contributed by atoms with E-state index in [0.717, 1.165) is 5.69 Å². The molecule has 0 bridgehead atoms. The highest BCUT2D eigenvalue weighted by atomic mass is 35.5. The highest BCUT2D eigenvalue weighted by molar-refractivity contribution is 7.15. The van der Waals surface area contributed by atoms with Gasteiger partial charge >= 0.3 is 5.97 Å². The maximum atomic E-state index is 12.1. The number of carbonyl (C=O) groups excluding carboxylic acids is 1. The van der Waals surface area contributed by atoms with Gasteiger partial charge in [0.25, 0.3) is 5.56 Å². The molecule has 7 nitrogen and oxygen atoms in total. The van der Waals surface area contributed by atoms with Gasteiger partial charge in [0, 0.05) is 28.7 Å². The summed E-state index contributed by atoms with van der Waals surface area (Å²) in [5, 5.41) is 3.10. The Labute approximate surface area is 178 Å². The van der Waals surface area contributed by atoms with Gasteiger partial charge in [0.05, 0.1) is 15.7 Å². The van der Waals surface area contributed by atoms with Gasteiger partial charge in [-0.25, -0.2) is 14.8 Å². The minimum absolute atomic E-state index is 0.141. The zero-order chi connectivity index (χ0) is 20.5. The molecule has 0 N–H and O–H groups in total. The molecule has 4 rings (SSSR count). The van der Waals surface area contributed by atoms with Crippen molar-refractivity contribution in [1.82, 2.24) is 14.4 Å². The van der Waals surface area contributed by atoms with E-state index in [0.29, 0.717) is 26.6 Å². The number of ether oxygens (including phenoxy) is 2. The van der Waals surface area contributed by atoms with Crippen LogP contribution in [-0.4, -0.2) is 26.9 Å². The summed E-state index contributed by atoms with van der Waals surface area (Å²) in [6, 6.07) is 6.49. The molecule has 10 heteroatoms. The largest absolute Gasteiger partial charge is 0.478 e. The fraction of sp³-hybridized carbons (Fsp3) is 0.158. The average Bonchev–Trinajstić information content (AvgIpc) is 3.15. The molecule has 0 fully saturated rings.